The van der Waals surface area contributed by atoms with Crippen LogP contribution in [-0.4, -0.2) is 49.4 Å². The first kappa shape index (κ1) is 26.3. The number of rotatable bonds is 14. The summed E-state index contributed by atoms with van der Waals surface area (Å²) >= 11 is 0. The van der Waals surface area contributed by atoms with E-state index in [1.165, 1.54) is 19.3 Å². The van der Waals surface area contributed by atoms with Crippen LogP contribution in [-0.2, 0) is 21.0 Å². The SMILES string of the molecule is CCCCS(=O)(=O)NC(Cc1ccc(OCCCCC2CCNCC2)cc1)P(=O)(O)O. The highest BCUT2D eigenvalue weighted by atomic mass is 32.2. The number of nitrogens with one attached hydrogen (secondary N) is 2. The molecule has 0 aromatic heterocycles. The molecule has 8 nitrogen and oxygen atoms in total. The number of hydrogen-bond donors (Lipinski definition) is 4. The highest BCUT2D eigenvalue weighted by Gasteiger charge is 2.32. The maximum absolute atomic E-state index is 12.1. The Morgan fingerprint density at radius 2 is 1.84 bits per heavy atom. The Hall–Kier alpha value is -0.960. The first-order valence-corrected chi connectivity index (χ1v) is 14.5. The Morgan fingerprint density at radius 1 is 1.16 bits per heavy atom. The first-order chi connectivity index (χ1) is 14.7. The number of sulfonamides is 1. The third-order valence-electron chi connectivity index (χ3n) is 5.57. The lowest BCUT2D eigenvalue weighted by Crippen LogP contribution is -2.37. The molecule has 0 aliphatic carbocycles. The summed E-state index contributed by atoms with van der Waals surface area (Å²) in [7, 11) is -8.40. The van der Waals surface area contributed by atoms with Crippen LogP contribution >= 0.6 is 7.60 Å². The van der Waals surface area contributed by atoms with Gasteiger partial charge in [0.2, 0.25) is 10.0 Å². The molecule has 31 heavy (non-hydrogen) atoms. The molecule has 1 fully saturated rings. The lowest BCUT2D eigenvalue weighted by atomic mass is 9.93. The van der Waals surface area contributed by atoms with Gasteiger partial charge < -0.3 is 19.8 Å². The second-order valence-corrected chi connectivity index (χ2v) is 12.0. The predicted octanol–water partition coefficient (Wildman–Crippen LogP) is 3.00. The van der Waals surface area contributed by atoms with Crippen LogP contribution < -0.4 is 14.8 Å². The fraction of sp³-hybridized carbons (Fsp3) is 0.714. The summed E-state index contributed by atoms with van der Waals surface area (Å²) < 4.78 is 43.9. The highest BCUT2D eigenvalue weighted by molar-refractivity contribution is 7.89. The van der Waals surface area contributed by atoms with E-state index in [-0.39, 0.29) is 12.2 Å². The minimum Gasteiger partial charge on any atom is -0.494 e. The van der Waals surface area contributed by atoms with Crippen LogP contribution in [0.1, 0.15) is 57.4 Å². The summed E-state index contributed by atoms with van der Waals surface area (Å²) in [6.45, 7) is 4.73. The standard InChI is InChI=1S/C21H37N2O6PS/c1-2-3-16-31(27,28)23-21(30(24,25)26)17-19-7-9-20(10-8-19)29-15-5-4-6-18-11-13-22-14-12-18/h7-10,18,21-23H,2-6,11-17H2,1H3,(H2,24,25,26). The number of hydrogen-bond acceptors (Lipinski definition) is 5. The van der Waals surface area contributed by atoms with Gasteiger partial charge in [-0.15, -0.1) is 0 Å². The summed E-state index contributed by atoms with van der Waals surface area (Å²) in [5, 5.41) is 3.38. The summed E-state index contributed by atoms with van der Waals surface area (Å²) in [5.74, 6) is -0.107. The van der Waals surface area contributed by atoms with Gasteiger partial charge in [-0.2, -0.15) is 4.72 Å². The average molecular weight is 477 g/mol. The van der Waals surface area contributed by atoms with E-state index in [0.29, 0.717) is 30.8 Å². The third-order valence-corrected chi connectivity index (χ3v) is 8.34. The lowest BCUT2D eigenvalue weighted by Gasteiger charge is -2.22. The molecule has 1 aliphatic heterocycles. The van der Waals surface area contributed by atoms with E-state index < -0.39 is 23.4 Å². The molecule has 0 amide bonds. The maximum Gasteiger partial charge on any atom is 0.343 e. The summed E-state index contributed by atoms with van der Waals surface area (Å²) in [5.41, 5.74) is 0.629. The number of benzene rings is 1. The molecule has 1 saturated heterocycles. The van der Waals surface area contributed by atoms with Crippen LogP contribution in [0.4, 0.5) is 0 Å². The largest absolute Gasteiger partial charge is 0.494 e. The van der Waals surface area contributed by atoms with E-state index in [1.54, 1.807) is 24.3 Å². The van der Waals surface area contributed by atoms with Crippen LogP contribution in [0.2, 0.25) is 0 Å². The van der Waals surface area contributed by atoms with Crippen LogP contribution in [0, 0.1) is 5.92 Å². The lowest BCUT2D eigenvalue weighted by molar-refractivity contribution is 0.287. The van der Waals surface area contributed by atoms with Crippen molar-refractivity contribution in [2.75, 3.05) is 25.4 Å². The van der Waals surface area contributed by atoms with Crippen molar-refractivity contribution in [2.45, 2.75) is 64.1 Å². The topological polar surface area (TPSA) is 125 Å². The molecule has 1 aromatic carbocycles. The molecule has 1 aliphatic rings. The zero-order valence-corrected chi connectivity index (χ0v) is 20.0. The number of piperidine rings is 1. The van der Waals surface area contributed by atoms with Gasteiger partial charge in [-0.1, -0.05) is 31.9 Å². The van der Waals surface area contributed by atoms with E-state index in [4.69, 9.17) is 4.74 Å². The molecule has 2 rings (SSSR count). The summed E-state index contributed by atoms with van der Waals surface area (Å²) in [4.78, 5) is 19.2. The fourth-order valence-electron chi connectivity index (χ4n) is 3.67. The van der Waals surface area contributed by atoms with Gasteiger partial charge in [0.25, 0.3) is 0 Å². The molecule has 0 radical (unpaired) electrons. The maximum atomic E-state index is 12.1. The zero-order valence-electron chi connectivity index (χ0n) is 18.3. The molecule has 0 spiro atoms. The average Bonchev–Trinajstić information content (AvgIpc) is 2.73. The van der Waals surface area contributed by atoms with Crippen LogP contribution in [0.25, 0.3) is 0 Å². The number of ether oxygens (including phenoxy) is 1. The van der Waals surface area contributed by atoms with Crippen molar-refractivity contribution in [3.63, 3.8) is 0 Å². The van der Waals surface area contributed by atoms with Gasteiger partial charge in [0.15, 0.2) is 0 Å². The molecule has 1 atom stereocenters. The van der Waals surface area contributed by atoms with Gasteiger partial charge in [-0.05, 0) is 68.8 Å². The Bertz CT molecular complexity index is 791. The Labute approximate surface area is 186 Å². The van der Waals surface area contributed by atoms with Gasteiger partial charge in [0.05, 0.1) is 12.4 Å². The van der Waals surface area contributed by atoms with Crippen molar-refractivity contribution in [2.24, 2.45) is 5.92 Å². The normalized spacial score (nSPS) is 16.9. The minimum absolute atomic E-state index is 0.0911. The zero-order chi connectivity index (χ0) is 22.7. The van der Waals surface area contributed by atoms with Crippen LogP contribution in [0.15, 0.2) is 24.3 Å². The van der Waals surface area contributed by atoms with Crippen molar-refractivity contribution >= 4 is 17.6 Å². The first-order valence-electron chi connectivity index (χ1n) is 11.2. The molecular formula is C21H37N2O6PS. The predicted molar refractivity (Wildman–Crippen MR) is 123 cm³/mol. The molecule has 1 unspecified atom stereocenters. The number of unbranched alkanes of at least 4 members (excludes halogenated alkanes) is 2. The molecule has 0 bridgehead atoms. The monoisotopic (exact) mass is 476 g/mol. The van der Waals surface area contributed by atoms with Crippen molar-refractivity contribution in [1.29, 1.82) is 0 Å². The van der Waals surface area contributed by atoms with E-state index in [2.05, 4.69) is 10.0 Å². The Kier molecular flexibility index (Phi) is 11.0. The Balaban J connectivity index is 1.79. The fourth-order valence-corrected chi connectivity index (χ4v) is 6.43. The molecule has 1 aromatic rings. The van der Waals surface area contributed by atoms with Crippen molar-refractivity contribution in [3.8, 4) is 5.75 Å². The van der Waals surface area contributed by atoms with Crippen LogP contribution in [0.5, 0.6) is 5.75 Å². The quantitative estimate of drug-likeness (QED) is 0.240. The van der Waals surface area contributed by atoms with Crippen LogP contribution in [0.3, 0.4) is 0 Å². The molecule has 4 N–H and O–H groups in total. The molecule has 10 heteroatoms. The summed E-state index contributed by atoms with van der Waals surface area (Å²) in [6, 6.07) is 6.94. The Morgan fingerprint density at radius 3 is 2.45 bits per heavy atom. The smallest absolute Gasteiger partial charge is 0.343 e. The molecule has 178 valence electrons. The third kappa shape index (κ3) is 10.5. The second kappa shape index (κ2) is 12.9. The van der Waals surface area contributed by atoms with Gasteiger partial charge in [0, 0.05) is 6.42 Å². The van der Waals surface area contributed by atoms with Gasteiger partial charge in [0.1, 0.15) is 11.5 Å². The van der Waals surface area contributed by atoms with Gasteiger partial charge in [-0.25, -0.2) is 8.42 Å². The molecular weight excluding hydrogens is 439 g/mol. The molecule has 1 heterocycles. The van der Waals surface area contributed by atoms with E-state index in [9.17, 15) is 22.8 Å². The van der Waals surface area contributed by atoms with Gasteiger partial charge in [-0.3, -0.25) is 4.57 Å². The van der Waals surface area contributed by atoms with Crippen molar-refractivity contribution in [1.82, 2.24) is 10.0 Å². The second-order valence-electron chi connectivity index (χ2n) is 8.28. The van der Waals surface area contributed by atoms with Gasteiger partial charge >= 0.3 is 7.60 Å². The molecule has 0 saturated carbocycles. The van der Waals surface area contributed by atoms with E-state index in [1.807, 2.05) is 6.92 Å². The van der Waals surface area contributed by atoms with Crippen molar-refractivity contribution < 1.29 is 27.5 Å². The van der Waals surface area contributed by atoms with Crippen molar-refractivity contribution in [3.05, 3.63) is 29.8 Å². The van der Waals surface area contributed by atoms with E-state index >= 15 is 0 Å². The highest BCUT2D eigenvalue weighted by Crippen LogP contribution is 2.41. The summed E-state index contributed by atoms with van der Waals surface area (Å²) in [6.07, 6.45) is 6.91. The minimum atomic E-state index is -4.64. The van der Waals surface area contributed by atoms with E-state index in [0.717, 1.165) is 31.8 Å².